The van der Waals surface area contributed by atoms with E-state index in [-0.39, 0.29) is 5.56 Å². The molecule has 0 aliphatic carbocycles. The van der Waals surface area contributed by atoms with Crippen LogP contribution in [-0.4, -0.2) is 19.9 Å². The van der Waals surface area contributed by atoms with Gasteiger partial charge < -0.3 is 4.98 Å². The molecule has 2 aromatic heterocycles. The topological polar surface area (TPSA) is 83.6 Å². The highest BCUT2D eigenvalue weighted by Crippen LogP contribution is 2.17. The number of nitrogens with one attached hydrogen (secondary N) is 2. The number of para-hydroxylation sites is 1. The molecule has 2 heterocycles. The Bertz CT molecular complexity index is 872. The van der Waals surface area contributed by atoms with Crippen LogP contribution in [0.15, 0.2) is 35.1 Å². The minimum atomic E-state index is -0.276. The lowest BCUT2D eigenvalue weighted by atomic mass is 10.2. The molecule has 0 spiro atoms. The van der Waals surface area contributed by atoms with E-state index in [4.69, 9.17) is 0 Å². The molecule has 0 amide bonds. The lowest BCUT2D eigenvalue weighted by Gasteiger charge is -2.08. The summed E-state index contributed by atoms with van der Waals surface area (Å²) in [6.45, 7) is 3.99. The molecule has 0 aliphatic rings. The predicted molar refractivity (Wildman–Crippen MR) is 86.4 cm³/mol. The van der Waals surface area contributed by atoms with E-state index in [9.17, 15) is 4.79 Å². The molecule has 3 aromatic rings. The van der Waals surface area contributed by atoms with Gasteiger partial charge in [0.05, 0.1) is 11.2 Å². The molecule has 0 bridgehead atoms. The predicted octanol–water partition coefficient (Wildman–Crippen LogP) is 2.72. The van der Waals surface area contributed by atoms with Crippen molar-refractivity contribution in [2.75, 3.05) is 5.32 Å². The molecule has 2 N–H and O–H groups in total. The maximum absolute atomic E-state index is 11.6. The molecule has 6 nitrogen and oxygen atoms in total. The third-order valence-electron chi connectivity index (χ3n) is 3.34. The van der Waals surface area contributed by atoms with Crippen molar-refractivity contribution in [3.8, 4) is 0 Å². The molecular weight excluding hydrogens is 278 g/mol. The van der Waals surface area contributed by atoms with Gasteiger partial charge in [-0.15, -0.1) is 0 Å². The summed E-state index contributed by atoms with van der Waals surface area (Å²) in [5, 5.41) is 4.00. The summed E-state index contributed by atoms with van der Waals surface area (Å²) in [6.07, 6.45) is 1.75. The maximum Gasteiger partial charge on any atom is 0.274 e. The number of fused-ring (bicyclic) bond motifs is 1. The van der Waals surface area contributed by atoms with Crippen molar-refractivity contribution in [2.45, 2.75) is 26.7 Å². The number of hydrogen-bond acceptors (Lipinski definition) is 5. The number of rotatable bonds is 4. The average Bonchev–Trinajstić information content (AvgIpc) is 2.47. The van der Waals surface area contributed by atoms with Gasteiger partial charge >= 0.3 is 0 Å². The van der Waals surface area contributed by atoms with Crippen LogP contribution in [0.5, 0.6) is 0 Å². The molecule has 1 aromatic carbocycles. The number of anilines is 2. The minimum Gasteiger partial charge on any atom is -0.329 e. The van der Waals surface area contributed by atoms with Crippen LogP contribution in [0.3, 0.4) is 0 Å². The third kappa shape index (κ3) is 2.95. The lowest BCUT2D eigenvalue weighted by Crippen LogP contribution is -2.13. The monoisotopic (exact) mass is 295 g/mol. The zero-order chi connectivity index (χ0) is 15.5. The fraction of sp³-hybridized carbons (Fsp3) is 0.250. The van der Waals surface area contributed by atoms with Crippen molar-refractivity contribution in [1.29, 1.82) is 0 Å². The molecule has 22 heavy (non-hydrogen) atoms. The fourth-order valence-electron chi connectivity index (χ4n) is 2.37. The quantitative estimate of drug-likeness (QED) is 0.773. The SMILES string of the molecule is CCCc1cc(=O)nc(Nc2nc(C)c3ccccc3n2)[nH]1. The van der Waals surface area contributed by atoms with E-state index < -0.39 is 0 Å². The first-order chi connectivity index (χ1) is 10.7. The summed E-state index contributed by atoms with van der Waals surface area (Å²) < 4.78 is 0. The van der Waals surface area contributed by atoms with E-state index in [1.54, 1.807) is 0 Å². The van der Waals surface area contributed by atoms with Crippen LogP contribution in [-0.2, 0) is 6.42 Å². The molecule has 0 radical (unpaired) electrons. The second kappa shape index (κ2) is 5.93. The van der Waals surface area contributed by atoms with E-state index in [0.29, 0.717) is 11.9 Å². The number of benzene rings is 1. The smallest absolute Gasteiger partial charge is 0.274 e. The van der Waals surface area contributed by atoms with E-state index >= 15 is 0 Å². The van der Waals surface area contributed by atoms with Crippen molar-refractivity contribution in [3.63, 3.8) is 0 Å². The van der Waals surface area contributed by atoms with Gasteiger partial charge in [-0.25, -0.2) is 9.97 Å². The standard InChI is InChI=1S/C16H17N5O/c1-3-6-11-9-14(22)20-16(18-11)21-15-17-10(2)12-7-4-5-8-13(12)19-15/h4-5,7-9H,3,6H2,1-2H3,(H2,17,18,19,20,21,22). The average molecular weight is 295 g/mol. The van der Waals surface area contributed by atoms with E-state index in [2.05, 4.69) is 32.2 Å². The Morgan fingerprint density at radius 2 is 2.00 bits per heavy atom. The van der Waals surface area contributed by atoms with Crippen LogP contribution in [0.2, 0.25) is 0 Å². The van der Waals surface area contributed by atoms with Crippen molar-refractivity contribution in [2.24, 2.45) is 0 Å². The number of aromatic amines is 1. The second-order valence-electron chi connectivity index (χ2n) is 5.12. The van der Waals surface area contributed by atoms with Crippen LogP contribution in [0, 0.1) is 6.92 Å². The first kappa shape index (κ1) is 14.2. The summed E-state index contributed by atoms with van der Waals surface area (Å²) in [7, 11) is 0. The van der Waals surface area contributed by atoms with E-state index in [1.165, 1.54) is 6.07 Å². The van der Waals surface area contributed by atoms with Gasteiger partial charge in [0.25, 0.3) is 5.56 Å². The van der Waals surface area contributed by atoms with Gasteiger partial charge in [0.2, 0.25) is 11.9 Å². The van der Waals surface area contributed by atoms with Crippen LogP contribution in [0.25, 0.3) is 10.9 Å². The molecular formula is C16H17N5O. The summed E-state index contributed by atoms with van der Waals surface area (Å²) in [6, 6.07) is 9.32. The number of nitrogens with zero attached hydrogens (tertiary/aromatic N) is 3. The van der Waals surface area contributed by atoms with E-state index in [1.807, 2.05) is 31.2 Å². The van der Waals surface area contributed by atoms with Crippen molar-refractivity contribution >= 4 is 22.8 Å². The van der Waals surface area contributed by atoms with Gasteiger partial charge in [-0.05, 0) is 19.4 Å². The highest BCUT2D eigenvalue weighted by molar-refractivity contribution is 5.81. The van der Waals surface area contributed by atoms with Gasteiger partial charge in [-0.1, -0.05) is 31.5 Å². The summed E-state index contributed by atoms with van der Waals surface area (Å²) in [5.41, 5.74) is 2.30. The normalized spacial score (nSPS) is 10.8. The lowest BCUT2D eigenvalue weighted by molar-refractivity contribution is 0.869. The van der Waals surface area contributed by atoms with Gasteiger partial charge in [0.1, 0.15) is 0 Å². The Labute approximate surface area is 127 Å². The van der Waals surface area contributed by atoms with Crippen LogP contribution >= 0.6 is 0 Å². The Morgan fingerprint density at radius 3 is 2.82 bits per heavy atom. The third-order valence-corrected chi connectivity index (χ3v) is 3.34. The number of H-pyrrole nitrogens is 1. The van der Waals surface area contributed by atoms with Crippen molar-refractivity contribution in [1.82, 2.24) is 19.9 Å². The molecule has 6 heteroatoms. The highest BCUT2D eigenvalue weighted by Gasteiger charge is 2.06. The van der Waals surface area contributed by atoms with Gasteiger partial charge in [-0.2, -0.15) is 4.98 Å². The zero-order valence-corrected chi connectivity index (χ0v) is 12.6. The van der Waals surface area contributed by atoms with Gasteiger partial charge in [-0.3, -0.25) is 10.1 Å². The Hall–Kier alpha value is -2.76. The van der Waals surface area contributed by atoms with Crippen molar-refractivity contribution in [3.05, 3.63) is 52.1 Å². The van der Waals surface area contributed by atoms with Gasteiger partial charge in [0, 0.05) is 17.1 Å². The number of aromatic nitrogens is 4. The Morgan fingerprint density at radius 1 is 1.18 bits per heavy atom. The summed E-state index contributed by atoms with van der Waals surface area (Å²) >= 11 is 0. The molecule has 0 saturated heterocycles. The van der Waals surface area contributed by atoms with Crippen LogP contribution in [0.1, 0.15) is 24.7 Å². The molecule has 0 saturated carbocycles. The Kier molecular flexibility index (Phi) is 3.82. The number of aryl methyl sites for hydroxylation is 2. The molecule has 3 rings (SSSR count). The Balaban J connectivity index is 1.98. The van der Waals surface area contributed by atoms with Gasteiger partial charge in [0.15, 0.2) is 0 Å². The molecule has 0 atom stereocenters. The zero-order valence-electron chi connectivity index (χ0n) is 12.6. The van der Waals surface area contributed by atoms with Crippen LogP contribution in [0.4, 0.5) is 11.9 Å². The summed E-state index contributed by atoms with van der Waals surface area (Å²) in [4.78, 5) is 27.5. The number of hydrogen-bond donors (Lipinski definition) is 2. The second-order valence-corrected chi connectivity index (χ2v) is 5.12. The molecule has 0 fully saturated rings. The molecule has 112 valence electrons. The maximum atomic E-state index is 11.6. The van der Waals surface area contributed by atoms with Crippen molar-refractivity contribution < 1.29 is 0 Å². The van der Waals surface area contributed by atoms with Crippen LogP contribution < -0.4 is 10.9 Å². The van der Waals surface area contributed by atoms with E-state index in [0.717, 1.165) is 35.1 Å². The molecule has 0 aliphatic heterocycles. The summed E-state index contributed by atoms with van der Waals surface area (Å²) in [5.74, 6) is 0.790. The largest absolute Gasteiger partial charge is 0.329 e. The molecule has 0 unspecified atom stereocenters. The first-order valence-electron chi connectivity index (χ1n) is 7.26. The first-order valence-corrected chi connectivity index (χ1v) is 7.26. The minimum absolute atomic E-state index is 0.276. The fourth-order valence-corrected chi connectivity index (χ4v) is 2.37. The highest BCUT2D eigenvalue weighted by atomic mass is 16.1.